The number of carbonyl (C=O) groups excluding carboxylic acids is 2. The zero-order valence-electron chi connectivity index (χ0n) is 61.0. The highest BCUT2D eigenvalue weighted by Gasteiger charge is 2.20. The largest absolute Gasteiger partial charge is 0.466 e. The summed E-state index contributed by atoms with van der Waals surface area (Å²) in [4.78, 5) is 24.7. The third-order valence-electron chi connectivity index (χ3n) is 19.8. The van der Waals surface area contributed by atoms with Gasteiger partial charge in [-0.3, -0.25) is 9.59 Å². The molecule has 530 valence electrons. The van der Waals surface area contributed by atoms with Gasteiger partial charge in [-0.1, -0.05) is 431 Å². The fourth-order valence-electron chi connectivity index (χ4n) is 13.5. The molecule has 1 amide bonds. The van der Waals surface area contributed by atoms with Gasteiger partial charge in [0.1, 0.15) is 0 Å². The molecule has 0 aliphatic rings. The van der Waals surface area contributed by atoms with Gasteiger partial charge in [-0.05, 0) is 51.4 Å². The van der Waals surface area contributed by atoms with E-state index in [1.165, 1.54) is 411 Å². The minimum atomic E-state index is -0.664. The number of aliphatic hydroxyl groups excluding tert-OH is 2. The van der Waals surface area contributed by atoms with E-state index >= 15 is 0 Å². The van der Waals surface area contributed by atoms with Crippen LogP contribution in [-0.4, -0.2) is 47.4 Å². The van der Waals surface area contributed by atoms with Crippen molar-refractivity contribution in [2.45, 2.75) is 495 Å². The summed E-state index contributed by atoms with van der Waals surface area (Å²) in [6.45, 7) is 5.02. The molecule has 0 aromatic rings. The molecule has 6 heteroatoms. The van der Waals surface area contributed by atoms with Crippen molar-refractivity contribution in [2.75, 3.05) is 13.2 Å². The lowest BCUT2D eigenvalue weighted by Crippen LogP contribution is -2.45. The lowest BCUT2D eigenvalue weighted by atomic mass is 10.0. The topological polar surface area (TPSA) is 95.9 Å². The Morgan fingerprint density at radius 1 is 0.303 bits per heavy atom. The Kier molecular flexibility index (Phi) is 77.8. The van der Waals surface area contributed by atoms with Gasteiger partial charge in [0.15, 0.2) is 0 Å². The number of hydrogen-bond donors (Lipinski definition) is 3. The number of carbonyl (C=O) groups is 2. The first-order valence-corrected chi connectivity index (χ1v) is 41.4. The van der Waals surface area contributed by atoms with E-state index in [9.17, 15) is 19.8 Å². The van der Waals surface area contributed by atoms with Gasteiger partial charge in [-0.15, -0.1) is 0 Å². The van der Waals surface area contributed by atoms with Crippen LogP contribution in [0.2, 0.25) is 0 Å². The predicted octanol–water partition coefficient (Wildman–Crippen LogP) is 27.4. The van der Waals surface area contributed by atoms with Crippen LogP contribution in [0.4, 0.5) is 0 Å². The van der Waals surface area contributed by atoms with Gasteiger partial charge in [0, 0.05) is 12.8 Å². The quantitative estimate of drug-likeness (QED) is 0.0320. The highest BCUT2D eigenvalue weighted by atomic mass is 16.5. The van der Waals surface area contributed by atoms with E-state index in [1.807, 2.05) is 0 Å². The van der Waals surface area contributed by atoms with Crippen molar-refractivity contribution in [1.82, 2.24) is 5.32 Å². The second-order valence-electron chi connectivity index (χ2n) is 28.8. The molecule has 2 unspecified atom stereocenters. The van der Waals surface area contributed by atoms with Crippen LogP contribution in [-0.2, 0) is 14.3 Å². The summed E-state index contributed by atoms with van der Waals surface area (Å²) in [5, 5.41) is 23.5. The van der Waals surface area contributed by atoms with Gasteiger partial charge >= 0.3 is 5.97 Å². The van der Waals surface area contributed by atoms with Crippen LogP contribution >= 0.6 is 0 Å². The van der Waals surface area contributed by atoms with E-state index in [1.54, 1.807) is 0 Å². The van der Waals surface area contributed by atoms with Crippen LogP contribution in [0.1, 0.15) is 483 Å². The van der Waals surface area contributed by atoms with Crippen molar-refractivity contribution < 1.29 is 24.5 Å². The Bertz CT molecular complexity index is 1350. The highest BCUT2D eigenvalue weighted by Crippen LogP contribution is 2.21. The summed E-state index contributed by atoms with van der Waals surface area (Å²) in [6.07, 6.45) is 100. The zero-order chi connectivity index (χ0) is 64.2. The molecule has 89 heavy (non-hydrogen) atoms. The first kappa shape index (κ1) is 87.6. The van der Waals surface area contributed by atoms with Crippen LogP contribution in [0.25, 0.3) is 0 Å². The predicted molar refractivity (Wildman–Crippen MR) is 394 cm³/mol. The summed E-state index contributed by atoms with van der Waals surface area (Å²) < 4.78 is 5.51. The Morgan fingerprint density at radius 2 is 0.528 bits per heavy atom. The molecule has 3 N–H and O–H groups in total. The number of ether oxygens (including phenoxy) is 1. The van der Waals surface area contributed by atoms with Crippen LogP contribution in [0.5, 0.6) is 0 Å². The SMILES string of the molecule is CCCCCCCCCCCCCCCCCCCCCCCCCCCC(O)C(CO)NC(=O)CCCCCCCCCCCCCCCCCC/C=C\CCCCCCCCCCCCCCOC(=O)CCCCCCCCCCCCCCCCC. The van der Waals surface area contributed by atoms with Crippen LogP contribution in [0.3, 0.4) is 0 Å². The standard InChI is InChI=1S/C83H163NO5/c1-3-5-7-9-11-13-15-17-19-20-21-22-23-32-35-38-41-44-48-51-55-59-63-67-71-75-81(86)80(79-85)84-82(87)76-72-68-64-60-56-52-49-45-42-39-36-33-30-28-26-24-25-27-29-31-34-37-40-43-46-50-54-58-62-66-70-74-78-89-83(88)77-73-69-65-61-57-53-47-18-16-14-12-10-8-6-4-2/h27,29,80-81,85-86H,3-26,28,30-79H2,1-2H3,(H,84,87)/b29-27-. The molecule has 0 aliphatic heterocycles. The molecule has 6 nitrogen and oxygen atoms in total. The number of nitrogens with one attached hydrogen (secondary N) is 1. The van der Waals surface area contributed by atoms with Crippen molar-refractivity contribution in [3.63, 3.8) is 0 Å². The molecule has 0 aromatic heterocycles. The Labute approximate surface area is 559 Å². The first-order valence-electron chi connectivity index (χ1n) is 41.4. The van der Waals surface area contributed by atoms with Gasteiger partial charge in [0.25, 0.3) is 0 Å². The third-order valence-corrected chi connectivity index (χ3v) is 19.8. The minimum absolute atomic E-state index is 0.0226. The summed E-state index contributed by atoms with van der Waals surface area (Å²) >= 11 is 0. The number of allylic oxidation sites excluding steroid dienone is 2. The van der Waals surface area contributed by atoms with Gasteiger partial charge in [-0.2, -0.15) is 0 Å². The molecule has 0 heterocycles. The van der Waals surface area contributed by atoms with Crippen LogP contribution < -0.4 is 5.32 Å². The molecule has 2 atom stereocenters. The number of amides is 1. The number of esters is 1. The average Bonchev–Trinajstić information content (AvgIpc) is 3.54. The zero-order valence-corrected chi connectivity index (χ0v) is 61.0. The van der Waals surface area contributed by atoms with E-state index < -0.39 is 12.1 Å². The second kappa shape index (κ2) is 79.0. The fourth-order valence-corrected chi connectivity index (χ4v) is 13.5. The van der Waals surface area contributed by atoms with Crippen LogP contribution in [0.15, 0.2) is 12.2 Å². The number of hydrogen-bond acceptors (Lipinski definition) is 5. The normalized spacial score (nSPS) is 12.4. The number of rotatable bonds is 79. The Morgan fingerprint density at radius 3 is 0.798 bits per heavy atom. The van der Waals surface area contributed by atoms with Gasteiger partial charge in [0.2, 0.25) is 5.91 Å². The fraction of sp³-hybridized carbons (Fsp3) is 0.952. The monoisotopic (exact) mass is 1250 g/mol. The summed E-state index contributed by atoms with van der Waals surface area (Å²) in [7, 11) is 0. The number of aliphatic hydroxyl groups is 2. The first-order chi connectivity index (χ1) is 44.0. The molecule has 0 bridgehead atoms. The van der Waals surface area contributed by atoms with Crippen molar-refractivity contribution >= 4 is 11.9 Å². The van der Waals surface area contributed by atoms with E-state index in [0.717, 1.165) is 38.5 Å². The van der Waals surface area contributed by atoms with Crippen molar-refractivity contribution in [3.8, 4) is 0 Å². The molecular formula is C83H163NO5. The highest BCUT2D eigenvalue weighted by molar-refractivity contribution is 5.76. The molecule has 0 radical (unpaired) electrons. The molecule has 0 fully saturated rings. The Balaban J connectivity index is 3.35. The van der Waals surface area contributed by atoms with E-state index in [0.29, 0.717) is 25.9 Å². The molecule has 0 aromatic carbocycles. The molecule has 0 aliphatic carbocycles. The molecular weight excluding hydrogens is 1090 g/mol. The lowest BCUT2D eigenvalue weighted by Gasteiger charge is -2.22. The summed E-state index contributed by atoms with van der Waals surface area (Å²) in [6, 6.07) is -0.541. The smallest absolute Gasteiger partial charge is 0.305 e. The second-order valence-corrected chi connectivity index (χ2v) is 28.8. The lowest BCUT2D eigenvalue weighted by molar-refractivity contribution is -0.143. The summed E-state index contributed by atoms with van der Waals surface area (Å²) in [5.41, 5.74) is 0. The molecule has 0 rings (SSSR count). The number of unbranched alkanes of at least 4 members (excludes halogenated alkanes) is 66. The van der Waals surface area contributed by atoms with E-state index in [-0.39, 0.29) is 18.5 Å². The van der Waals surface area contributed by atoms with Gasteiger partial charge < -0.3 is 20.3 Å². The third kappa shape index (κ3) is 75.5. The Hall–Kier alpha value is -1.40. The van der Waals surface area contributed by atoms with Crippen molar-refractivity contribution in [3.05, 3.63) is 12.2 Å². The maximum absolute atomic E-state index is 12.6. The molecule has 0 saturated heterocycles. The maximum Gasteiger partial charge on any atom is 0.305 e. The molecule has 0 saturated carbocycles. The van der Waals surface area contributed by atoms with Gasteiger partial charge in [-0.25, -0.2) is 0 Å². The van der Waals surface area contributed by atoms with E-state index in [4.69, 9.17) is 4.74 Å². The van der Waals surface area contributed by atoms with Crippen molar-refractivity contribution in [1.29, 1.82) is 0 Å². The maximum atomic E-state index is 12.6. The van der Waals surface area contributed by atoms with Crippen LogP contribution in [0, 0.1) is 0 Å². The molecule has 0 spiro atoms. The average molecular weight is 1260 g/mol. The minimum Gasteiger partial charge on any atom is -0.466 e. The van der Waals surface area contributed by atoms with Gasteiger partial charge in [0.05, 0.1) is 25.4 Å². The van der Waals surface area contributed by atoms with E-state index in [2.05, 4.69) is 31.3 Å². The van der Waals surface area contributed by atoms with Crippen molar-refractivity contribution in [2.24, 2.45) is 0 Å². The summed E-state index contributed by atoms with van der Waals surface area (Å²) in [5.74, 6) is -0.00322.